The third kappa shape index (κ3) is 4.83. The first kappa shape index (κ1) is 18.9. The molecule has 1 aliphatic rings. The fourth-order valence-electron chi connectivity index (χ4n) is 2.86. The zero-order chi connectivity index (χ0) is 19.2. The number of aromatic nitrogens is 2. The van der Waals surface area contributed by atoms with Gasteiger partial charge in [0.25, 0.3) is 0 Å². The Bertz CT molecular complexity index is 905. The van der Waals surface area contributed by atoms with E-state index in [-0.39, 0.29) is 0 Å². The molecule has 0 saturated carbocycles. The minimum Gasteiger partial charge on any atom is -0.473 e. The lowest BCUT2D eigenvalue weighted by Gasteiger charge is -2.14. The molecule has 1 aliphatic heterocycles. The Morgan fingerprint density at radius 2 is 2.00 bits per heavy atom. The third-order valence-electron chi connectivity index (χ3n) is 4.13. The number of hydrogen-bond donors (Lipinski definition) is 4. The van der Waals surface area contributed by atoms with Gasteiger partial charge in [0.05, 0.1) is 17.6 Å². The molecule has 142 valence electrons. The van der Waals surface area contributed by atoms with Gasteiger partial charge in [0.15, 0.2) is 0 Å². The summed E-state index contributed by atoms with van der Waals surface area (Å²) in [6, 6.07) is 13.1. The minimum atomic E-state index is -1.82. The second-order valence-electron chi connectivity index (χ2n) is 6.03. The van der Waals surface area contributed by atoms with Crippen LogP contribution in [0.1, 0.15) is 11.3 Å². The molecule has 1 aromatic carbocycles. The summed E-state index contributed by atoms with van der Waals surface area (Å²) in [5.41, 5.74) is 2.25. The largest absolute Gasteiger partial charge is 0.473 e. The highest BCUT2D eigenvalue weighted by Crippen LogP contribution is 2.23. The van der Waals surface area contributed by atoms with Crippen LogP contribution >= 0.6 is 11.3 Å². The smallest absolute Gasteiger partial charge is 0.414 e. The lowest BCUT2D eigenvalue weighted by Crippen LogP contribution is -2.24. The molecule has 3 aromatic rings. The molecule has 8 nitrogen and oxygen atoms in total. The summed E-state index contributed by atoms with van der Waals surface area (Å²) in [7, 11) is 0. The van der Waals surface area contributed by atoms with Crippen LogP contribution in [0.25, 0.3) is 11.0 Å². The van der Waals surface area contributed by atoms with Gasteiger partial charge < -0.3 is 25.4 Å². The van der Waals surface area contributed by atoms with Crippen LogP contribution in [0, 0.1) is 0 Å². The van der Waals surface area contributed by atoms with Crippen LogP contribution in [0.15, 0.2) is 41.8 Å². The number of carboxylic acids is 2. The lowest BCUT2D eigenvalue weighted by molar-refractivity contribution is -0.159. The Kier molecular flexibility index (Phi) is 6.05. The van der Waals surface area contributed by atoms with Crippen molar-refractivity contribution in [1.29, 1.82) is 0 Å². The second-order valence-corrected chi connectivity index (χ2v) is 7.07. The molecule has 4 rings (SSSR count). The van der Waals surface area contributed by atoms with Crippen molar-refractivity contribution >= 4 is 40.3 Å². The predicted octanol–water partition coefficient (Wildman–Crippen LogP) is 2.08. The number of anilines is 1. The lowest BCUT2D eigenvalue weighted by atomic mass is 10.3. The maximum absolute atomic E-state index is 9.10. The van der Waals surface area contributed by atoms with Gasteiger partial charge >= 0.3 is 11.9 Å². The van der Waals surface area contributed by atoms with Crippen molar-refractivity contribution in [2.75, 3.05) is 18.4 Å². The van der Waals surface area contributed by atoms with E-state index in [9.17, 15) is 0 Å². The molecule has 1 atom stereocenters. The van der Waals surface area contributed by atoms with E-state index >= 15 is 0 Å². The Balaban J connectivity index is 0.000000307. The number of benzene rings is 1. The number of nitrogens with zero attached hydrogens (tertiary/aromatic N) is 2. The summed E-state index contributed by atoms with van der Waals surface area (Å²) < 4.78 is 2.29. The van der Waals surface area contributed by atoms with E-state index in [1.165, 1.54) is 10.4 Å². The molecule has 1 saturated heterocycles. The standard InChI is InChI=1S/C16H18N4S.C2H2O4/c1-2-6-15-14(5-1)19-16(18-12-7-8-17-10-12)20(15)11-13-4-3-9-21-13;3-1(4)2(5)6/h1-6,9,12,17H,7-8,10-11H2,(H,18,19);(H,3,4)(H,5,6). The molecule has 2 aromatic heterocycles. The molecule has 0 radical (unpaired) electrons. The van der Waals surface area contributed by atoms with Crippen molar-refractivity contribution in [3.63, 3.8) is 0 Å². The molecule has 0 amide bonds. The average Bonchev–Trinajstić information content (AvgIpc) is 3.39. The number of imidazole rings is 1. The second kappa shape index (κ2) is 8.65. The van der Waals surface area contributed by atoms with Crippen LogP contribution in [-0.4, -0.2) is 50.8 Å². The number of nitrogens with one attached hydrogen (secondary N) is 2. The van der Waals surface area contributed by atoms with Crippen molar-refractivity contribution < 1.29 is 19.8 Å². The van der Waals surface area contributed by atoms with E-state index in [0.29, 0.717) is 6.04 Å². The monoisotopic (exact) mass is 388 g/mol. The summed E-state index contributed by atoms with van der Waals surface area (Å²) in [5, 5.41) is 23.9. The summed E-state index contributed by atoms with van der Waals surface area (Å²) in [5.74, 6) is -2.66. The van der Waals surface area contributed by atoms with Gasteiger partial charge in [-0.05, 0) is 36.5 Å². The Hall–Kier alpha value is -2.91. The first-order chi connectivity index (χ1) is 13.0. The fraction of sp³-hybridized carbons (Fsp3) is 0.278. The summed E-state index contributed by atoms with van der Waals surface area (Å²) >= 11 is 1.79. The normalized spacial score (nSPS) is 15.9. The zero-order valence-electron chi connectivity index (χ0n) is 14.5. The number of carbonyl (C=O) groups is 2. The molecular formula is C18H20N4O4S. The topological polar surface area (TPSA) is 116 Å². The number of para-hydroxylation sites is 2. The van der Waals surface area contributed by atoms with Crippen LogP contribution in [0.4, 0.5) is 5.95 Å². The molecule has 0 aliphatic carbocycles. The number of fused-ring (bicyclic) bond motifs is 1. The minimum absolute atomic E-state index is 0.476. The molecule has 1 unspecified atom stereocenters. The van der Waals surface area contributed by atoms with Gasteiger partial charge in [-0.25, -0.2) is 14.6 Å². The molecule has 0 bridgehead atoms. The van der Waals surface area contributed by atoms with Crippen molar-refractivity contribution in [3.05, 3.63) is 46.7 Å². The van der Waals surface area contributed by atoms with E-state index in [4.69, 9.17) is 24.8 Å². The van der Waals surface area contributed by atoms with E-state index < -0.39 is 11.9 Å². The number of carboxylic acid groups (broad SMARTS) is 2. The van der Waals surface area contributed by atoms with Gasteiger partial charge in [-0.2, -0.15) is 0 Å². The summed E-state index contributed by atoms with van der Waals surface area (Å²) in [6.45, 7) is 2.98. The van der Waals surface area contributed by atoms with Crippen molar-refractivity contribution in [2.45, 2.75) is 19.0 Å². The first-order valence-corrected chi connectivity index (χ1v) is 9.33. The van der Waals surface area contributed by atoms with E-state index in [2.05, 4.69) is 50.9 Å². The van der Waals surface area contributed by atoms with E-state index in [1.807, 2.05) is 6.07 Å². The quantitative estimate of drug-likeness (QED) is 0.506. The Morgan fingerprint density at radius 1 is 1.22 bits per heavy atom. The summed E-state index contributed by atoms with van der Waals surface area (Å²) in [4.78, 5) is 24.3. The van der Waals surface area contributed by atoms with Crippen LogP contribution in [0.5, 0.6) is 0 Å². The highest BCUT2D eigenvalue weighted by molar-refractivity contribution is 7.09. The molecular weight excluding hydrogens is 368 g/mol. The van der Waals surface area contributed by atoms with Gasteiger partial charge in [-0.1, -0.05) is 18.2 Å². The molecule has 3 heterocycles. The van der Waals surface area contributed by atoms with Gasteiger partial charge in [-0.15, -0.1) is 11.3 Å². The number of hydrogen-bond acceptors (Lipinski definition) is 6. The van der Waals surface area contributed by atoms with Gasteiger partial charge in [0.1, 0.15) is 0 Å². The van der Waals surface area contributed by atoms with Crippen LogP contribution in [0.3, 0.4) is 0 Å². The van der Waals surface area contributed by atoms with Gasteiger partial charge in [-0.3, -0.25) is 0 Å². The fourth-order valence-corrected chi connectivity index (χ4v) is 3.56. The SMILES string of the molecule is O=C(O)C(=O)O.c1csc(Cn2c(NC3CCNC3)nc3ccccc32)c1. The van der Waals surface area contributed by atoms with Gasteiger partial charge in [0, 0.05) is 17.5 Å². The Labute approximate surface area is 159 Å². The molecule has 1 fully saturated rings. The van der Waals surface area contributed by atoms with Crippen molar-refractivity contribution in [2.24, 2.45) is 0 Å². The Morgan fingerprint density at radius 3 is 2.63 bits per heavy atom. The average molecular weight is 388 g/mol. The zero-order valence-corrected chi connectivity index (χ0v) is 15.3. The van der Waals surface area contributed by atoms with E-state index in [0.717, 1.165) is 37.5 Å². The maximum Gasteiger partial charge on any atom is 0.414 e. The number of thiophene rings is 1. The van der Waals surface area contributed by atoms with Gasteiger partial charge in [0.2, 0.25) is 5.95 Å². The van der Waals surface area contributed by atoms with Crippen molar-refractivity contribution in [3.8, 4) is 0 Å². The third-order valence-corrected chi connectivity index (χ3v) is 4.99. The number of rotatable bonds is 4. The highest BCUT2D eigenvalue weighted by atomic mass is 32.1. The highest BCUT2D eigenvalue weighted by Gasteiger charge is 2.18. The molecule has 4 N–H and O–H groups in total. The first-order valence-electron chi connectivity index (χ1n) is 8.45. The number of aliphatic carboxylic acids is 2. The van der Waals surface area contributed by atoms with Crippen LogP contribution < -0.4 is 10.6 Å². The molecule has 9 heteroatoms. The summed E-state index contributed by atoms with van der Waals surface area (Å²) in [6.07, 6.45) is 1.15. The predicted molar refractivity (Wildman–Crippen MR) is 103 cm³/mol. The van der Waals surface area contributed by atoms with Crippen LogP contribution in [-0.2, 0) is 16.1 Å². The van der Waals surface area contributed by atoms with Crippen molar-refractivity contribution in [1.82, 2.24) is 14.9 Å². The van der Waals surface area contributed by atoms with Crippen LogP contribution in [0.2, 0.25) is 0 Å². The maximum atomic E-state index is 9.10. The van der Waals surface area contributed by atoms with E-state index in [1.54, 1.807) is 11.3 Å². The molecule has 0 spiro atoms. The molecule has 27 heavy (non-hydrogen) atoms.